The first-order chi connectivity index (χ1) is 12.4. The van der Waals surface area contributed by atoms with Crippen molar-refractivity contribution >= 4 is 11.8 Å². The number of carbonyl (C=O) groups excluding carboxylic acids is 1. The zero-order chi connectivity index (χ0) is 18.8. The number of nitrogens with zero attached hydrogens (tertiary/aromatic N) is 1. The van der Waals surface area contributed by atoms with Gasteiger partial charge in [-0.1, -0.05) is 0 Å². The Bertz CT molecular complexity index is 707. The van der Waals surface area contributed by atoms with Gasteiger partial charge < -0.3 is 28.8 Å². The maximum Gasteiger partial charge on any atom is 0.509 e. The monoisotopic (exact) mass is 369 g/mol. The molecule has 1 aromatic rings. The molecule has 4 unspecified atom stereocenters. The Labute approximate surface area is 148 Å². The Morgan fingerprint density at radius 3 is 2.77 bits per heavy atom. The van der Waals surface area contributed by atoms with Crippen LogP contribution in [0.5, 0.6) is 11.5 Å². The molecule has 26 heavy (non-hydrogen) atoms. The van der Waals surface area contributed by atoms with Crippen LogP contribution in [0.2, 0.25) is 0 Å². The molecule has 4 atom stereocenters. The summed E-state index contributed by atoms with van der Waals surface area (Å²) in [7, 11) is 0. The summed E-state index contributed by atoms with van der Waals surface area (Å²) >= 11 is 0. The maximum atomic E-state index is 12.1. The van der Waals surface area contributed by atoms with Gasteiger partial charge >= 0.3 is 6.16 Å². The highest BCUT2D eigenvalue weighted by atomic mass is 16.7. The van der Waals surface area contributed by atoms with Crippen LogP contribution >= 0.6 is 0 Å². The van der Waals surface area contributed by atoms with Crippen LogP contribution in [0.4, 0.5) is 10.5 Å². The van der Waals surface area contributed by atoms with Crippen molar-refractivity contribution in [3.63, 3.8) is 0 Å². The number of nitro benzene ring substituents is 1. The van der Waals surface area contributed by atoms with E-state index in [1.54, 1.807) is 6.92 Å². The highest BCUT2D eigenvalue weighted by Gasteiger charge is 2.36. The lowest BCUT2D eigenvalue weighted by atomic mass is 10.1. The topological polar surface area (TPSA) is 127 Å². The molecule has 1 saturated heterocycles. The molecular formula is C16H19NO9. The number of fused-ring (bicyclic) bond motifs is 1. The van der Waals surface area contributed by atoms with Gasteiger partial charge in [0.15, 0.2) is 11.5 Å². The molecule has 1 N–H and O–H groups in total. The predicted molar refractivity (Wildman–Crippen MR) is 85.0 cm³/mol. The standard InChI is InChI=1S/C16H19NO9/c1-8-3-14(15(6-18)24-8)26-16(19)25-9(2)10-4-12-13(23-7-22-12)5-11(10)17(20)21/h4-5,8-9,14-15,18H,3,6-7H2,1-2H3. The van der Waals surface area contributed by atoms with Crippen molar-refractivity contribution in [2.75, 3.05) is 13.4 Å². The third kappa shape index (κ3) is 3.65. The van der Waals surface area contributed by atoms with Crippen molar-refractivity contribution in [3.05, 3.63) is 27.8 Å². The number of benzene rings is 1. The van der Waals surface area contributed by atoms with E-state index in [-0.39, 0.29) is 36.5 Å². The van der Waals surface area contributed by atoms with Crippen LogP contribution in [-0.4, -0.2) is 47.9 Å². The molecule has 1 fully saturated rings. The van der Waals surface area contributed by atoms with E-state index in [1.807, 2.05) is 0 Å². The van der Waals surface area contributed by atoms with Gasteiger partial charge in [0.05, 0.1) is 29.3 Å². The summed E-state index contributed by atoms with van der Waals surface area (Å²) in [5, 5.41) is 20.6. The van der Waals surface area contributed by atoms with Gasteiger partial charge in [0, 0.05) is 6.42 Å². The summed E-state index contributed by atoms with van der Waals surface area (Å²) in [6.07, 6.45) is -2.93. The molecule has 0 saturated carbocycles. The minimum atomic E-state index is -0.995. The molecular weight excluding hydrogens is 350 g/mol. The van der Waals surface area contributed by atoms with E-state index in [0.717, 1.165) is 0 Å². The van der Waals surface area contributed by atoms with Gasteiger partial charge in [-0.2, -0.15) is 0 Å². The summed E-state index contributed by atoms with van der Waals surface area (Å²) in [5.74, 6) is 0.603. The summed E-state index contributed by atoms with van der Waals surface area (Å²) in [5.41, 5.74) is -0.0912. The van der Waals surface area contributed by atoms with Crippen LogP contribution in [0.15, 0.2) is 12.1 Å². The molecule has 0 radical (unpaired) electrons. The van der Waals surface area contributed by atoms with Crippen molar-refractivity contribution in [2.24, 2.45) is 0 Å². The van der Waals surface area contributed by atoms with E-state index < -0.39 is 29.4 Å². The van der Waals surface area contributed by atoms with Crippen molar-refractivity contribution in [1.29, 1.82) is 0 Å². The molecule has 3 rings (SSSR count). The smallest absolute Gasteiger partial charge is 0.454 e. The third-order valence-electron chi connectivity index (χ3n) is 4.24. The molecule has 1 aromatic carbocycles. The van der Waals surface area contributed by atoms with Crippen LogP contribution in [0.3, 0.4) is 0 Å². The Kier molecular flexibility index (Phi) is 5.14. The van der Waals surface area contributed by atoms with E-state index in [0.29, 0.717) is 12.2 Å². The Morgan fingerprint density at radius 2 is 2.12 bits per heavy atom. The number of rotatable bonds is 5. The van der Waals surface area contributed by atoms with Crippen LogP contribution in [-0.2, 0) is 14.2 Å². The number of aliphatic hydroxyl groups excluding tert-OH is 1. The average Bonchev–Trinajstić information content (AvgIpc) is 3.18. The molecule has 0 amide bonds. The summed E-state index contributed by atoms with van der Waals surface area (Å²) in [6, 6.07) is 2.65. The summed E-state index contributed by atoms with van der Waals surface area (Å²) < 4.78 is 26.1. The van der Waals surface area contributed by atoms with Crippen LogP contribution in [0.1, 0.15) is 31.9 Å². The van der Waals surface area contributed by atoms with Gasteiger partial charge in [-0.3, -0.25) is 10.1 Å². The number of ether oxygens (including phenoxy) is 5. The highest BCUT2D eigenvalue weighted by molar-refractivity contribution is 5.62. The number of hydrogen-bond donors (Lipinski definition) is 1. The normalized spacial score (nSPS) is 25.0. The fourth-order valence-corrected chi connectivity index (χ4v) is 2.99. The lowest BCUT2D eigenvalue weighted by molar-refractivity contribution is -0.386. The van der Waals surface area contributed by atoms with E-state index in [9.17, 15) is 20.0 Å². The van der Waals surface area contributed by atoms with Crippen LogP contribution in [0.25, 0.3) is 0 Å². The van der Waals surface area contributed by atoms with Gasteiger partial charge in [0.2, 0.25) is 6.79 Å². The second kappa shape index (κ2) is 7.34. The zero-order valence-corrected chi connectivity index (χ0v) is 14.2. The average molecular weight is 369 g/mol. The first kappa shape index (κ1) is 18.2. The lowest BCUT2D eigenvalue weighted by Gasteiger charge is -2.19. The van der Waals surface area contributed by atoms with Crippen molar-refractivity contribution in [3.8, 4) is 11.5 Å². The number of aliphatic hydroxyl groups is 1. The molecule has 0 spiro atoms. The third-order valence-corrected chi connectivity index (χ3v) is 4.24. The SMILES string of the molecule is CC1CC(OC(=O)OC(C)c2cc3c(cc2[N+](=O)[O-])OCO3)C(CO)O1. The lowest BCUT2D eigenvalue weighted by Crippen LogP contribution is -2.30. The van der Waals surface area contributed by atoms with Gasteiger partial charge in [-0.05, 0) is 19.9 Å². The number of nitro groups is 1. The van der Waals surface area contributed by atoms with Gasteiger partial charge in [-0.25, -0.2) is 4.79 Å². The minimum Gasteiger partial charge on any atom is -0.454 e. The first-order valence-electron chi connectivity index (χ1n) is 8.10. The molecule has 2 aliphatic heterocycles. The Hall–Kier alpha value is -2.59. The van der Waals surface area contributed by atoms with Gasteiger partial charge in [0.25, 0.3) is 5.69 Å². The van der Waals surface area contributed by atoms with Crippen molar-refractivity contribution in [2.45, 2.75) is 44.7 Å². The highest BCUT2D eigenvalue weighted by Crippen LogP contribution is 2.41. The van der Waals surface area contributed by atoms with Crippen LogP contribution in [0, 0.1) is 10.1 Å². The van der Waals surface area contributed by atoms with Crippen molar-refractivity contribution in [1.82, 2.24) is 0 Å². The Morgan fingerprint density at radius 1 is 1.42 bits per heavy atom. The molecule has 0 bridgehead atoms. The Balaban J connectivity index is 1.70. The second-order valence-corrected chi connectivity index (χ2v) is 6.09. The van der Waals surface area contributed by atoms with Gasteiger partial charge in [0.1, 0.15) is 18.3 Å². The summed E-state index contributed by atoms with van der Waals surface area (Å²) in [6.45, 7) is 2.97. The number of hydrogen-bond acceptors (Lipinski definition) is 9. The number of carbonyl (C=O) groups is 1. The fourth-order valence-electron chi connectivity index (χ4n) is 2.99. The molecule has 142 valence electrons. The van der Waals surface area contributed by atoms with E-state index in [2.05, 4.69) is 0 Å². The van der Waals surface area contributed by atoms with E-state index in [4.69, 9.17) is 23.7 Å². The second-order valence-electron chi connectivity index (χ2n) is 6.09. The van der Waals surface area contributed by atoms with Crippen molar-refractivity contribution < 1.29 is 38.5 Å². The largest absolute Gasteiger partial charge is 0.509 e. The molecule has 10 heteroatoms. The zero-order valence-electron chi connectivity index (χ0n) is 14.2. The fraction of sp³-hybridized carbons (Fsp3) is 0.562. The summed E-state index contributed by atoms with van der Waals surface area (Å²) in [4.78, 5) is 22.8. The van der Waals surface area contributed by atoms with E-state index >= 15 is 0 Å². The quantitative estimate of drug-likeness (QED) is 0.471. The molecule has 0 aromatic heterocycles. The minimum absolute atomic E-state index is 0.0321. The molecule has 10 nitrogen and oxygen atoms in total. The molecule has 2 aliphatic rings. The maximum absolute atomic E-state index is 12.1. The van der Waals surface area contributed by atoms with E-state index in [1.165, 1.54) is 19.1 Å². The molecule has 0 aliphatic carbocycles. The first-order valence-corrected chi connectivity index (χ1v) is 8.10. The van der Waals surface area contributed by atoms with Gasteiger partial charge in [-0.15, -0.1) is 0 Å². The molecule has 2 heterocycles. The van der Waals surface area contributed by atoms with Crippen LogP contribution < -0.4 is 9.47 Å². The predicted octanol–water partition coefficient (Wildman–Crippen LogP) is 2.08.